The average molecular weight is 415 g/mol. The third-order valence-electron chi connectivity index (χ3n) is 6.90. The molecule has 0 saturated carbocycles. The number of likely N-dealkylation sites (tertiary alicyclic amines) is 2. The fourth-order valence-corrected chi connectivity index (χ4v) is 4.89. The summed E-state index contributed by atoms with van der Waals surface area (Å²) >= 11 is 0. The third-order valence-corrected chi connectivity index (χ3v) is 6.90. The zero-order chi connectivity index (χ0) is 20.9. The molecule has 1 atom stereocenters. The first-order valence-electron chi connectivity index (χ1n) is 11.4. The molecule has 0 N–H and O–H groups in total. The van der Waals surface area contributed by atoms with Crippen molar-refractivity contribution >= 4 is 17.8 Å². The van der Waals surface area contributed by atoms with Crippen molar-refractivity contribution in [3.05, 3.63) is 18.5 Å². The summed E-state index contributed by atoms with van der Waals surface area (Å²) in [4.78, 5) is 42.5. The second-order valence-electron chi connectivity index (χ2n) is 8.81. The summed E-state index contributed by atoms with van der Waals surface area (Å²) in [6, 6.07) is 1.72. The molecule has 2 amide bonds. The summed E-state index contributed by atoms with van der Waals surface area (Å²) in [6.07, 6.45) is 8.51. The topological polar surface area (TPSA) is 72.9 Å². The van der Waals surface area contributed by atoms with Crippen molar-refractivity contribution in [3.8, 4) is 0 Å². The molecule has 3 fully saturated rings. The fourth-order valence-electron chi connectivity index (χ4n) is 4.89. The summed E-state index contributed by atoms with van der Waals surface area (Å²) in [7, 11) is 0. The average Bonchev–Trinajstić information content (AvgIpc) is 3.35. The quantitative estimate of drug-likeness (QED) is 0.722. The van der Waals surface area contributed by atoms with Crippen molar-refractivity contribution in [1.29, 1.82) is 0 Å². The van der Waals surface area contributed by atoms with Crippen LogP contribution in [0.15, 0.2) is 18.5 Å². The molecular formula is C22H34N6O2. The van der Waals surface area contributed by atoms with E-state index in [1.54, 1.807) is 12.4 Å². The Balaban J connectivity index is 1.21. The Hall–Kier alpha value is -2.22. The lowest BCUT2D eigenvalue weighted by Gasteiger charge is -2.40. The SMILES string of the molecule is CC(C(=O)N1CCN(c2ncccn2)CC1)N1CCC(CC(=O)N2CCCC2)CC1. The van der Waals surface area contributed by atoms with Gasteiger partial charge in [-0.1, -0.05) is 0 Å². The minimum atomic E-state index is -0.0974. The van der Waals surface area contributed by atoms with Gasteiger partial charge in [0.1, 0.15) is 0 Å². The Kier molecular flexibility index (Phi) is 6.82. The number of piperidine rings is 1. The van der Waals surface area contributed by atoms with E-state index >= 15 is 0 Å². The van der Waals surface area contributed by atoms with Gasteiger partial charge in [0, 0.05) is 58.1 Å². The molecule has 8 heteroatoms. The van der Waals surface area contributed by atoms with Crippen LogP contribution in [0.5, 0.6) is 0 Å². The number of carbonyl (C=O) groups is 2. The minimum Gasteiger partial charge on any atom is -0.343 e. The predicted molar refractivity (Wildman–Crippen MR) is 115 cm³/mol. The van der Waals surface area contributed by atoms with E-state index in [1.807, 2.05) is 22.8 Å². The van der Waals surface area contributed by atoms with Gasteiger partial charge in [-0.05, 0) is 57.7 Å². The second-order valence-corrected chi connectivity index (χ2v) is 8.81. The molecule has 1 aromatic rings. The Labute approximate surface area is 179 Å². The van der Waals surface area contributed by atoms with Crippen LogP contribution in [0, 0.1) is 5.92 Å². The number of nitrogens with zero attached hydrogens (tertiary/aromatic N) is 6. The molecule has 30 heavy (non-hydrogen) atoms. The summed E-state index contributed by atoms with van der Waals surface area (Å²) in [5.74, 6) is 1.75. The maximum absolute atomic E-state index is 13.0. The molecule has 3 saturated heterocycles. The van der Waals surface area contributed by atoms with Crippen molar-refractivity contribution in [2.45, 2.75) is 45.1 Å². The standard InChI is InChI=1S/C22H34N6O2/c1-18(21(30)27-13-15-28(16-14-27)22-23-7-4-8-24-22)25-11-5-19(6-12-25)17-20(29)26-9-2-3-10-26/h4,7-8,18-19H,2-3,5-6,9-17H2,1H3. The first-order valence-corrected chi connectivity index (χ1v) is 11.4. The van der Waals surface area contributed by atoms with Gasteiger partial charge in [0.15, 0.2) is 0 Å². The van der Waals surface area contributed by atoms with Crippen LogP contribution >= 0.6 is 0 Å². The highest BCUT2D eigenvalue weighted by atomic mass is 16.2. The van der Waals surface area contributed by atoms with Gasteiger partial charge in [-0.3, -0.25) is 14.5 Å². The van der Waals surface area contributed by atoms with Crippen LogP contribution < -0.4 is 4.90 Å². The van der Waals surface area contributed by atoms with Crippen LogP contribution in [0.3, 0.4) is 0 Å². The molecule has 0 aliphatic carbocycles. The number of amides is 2. The Morgan fingerprint density at radius 1 is 0.933 bits per heavy atom. The highest BCUT2D eigenvalue weighted by Crippen LogP contribution is 2.24. The summed E-state index contributed by atoms with van der Waals surface area (Å²) in [5.41, 5.74) is 0. The molecule has 4 rings (SSSR count). The molecule has 164 valence electrons. The predicted octanol–water partition coefficient (Wildman–Crippen LogP) is 1.24. The summed E-state index contributed by atoms with van der Waals surface area (Å²) < 4.78 is 0. The Bertz CT molecular complexity index is 708. The van der Waals surface area contributed by atoms with Crippen LogP contribution in [0.4, 0.5) is 5.95 Å². The van der Waals surface area contributed by atoms with Crippen molar-refractivity contribution in [3.63, 3.8) is 0 Å². The van der Waals surface area contributed by atoms with Gasteiger partial charge >= 0.3 is 0 Å². The van der Waals surface area contributed by atoms with E-state index in [-0.39, 0.29) is 11.9 Å². The van der Waals surface area contributed by atoms with E-state index < -0.39 is 0 Å². The molecule has 0 bridgehead atoms. The number of piperazine rings is 1. The van der Waals surface area contributed by atoms with Crippen LogP contribution in [-0.2, 0) is 9.59 Å². The number of carbonyl (C=O) groups excluding carboxylic acids is 2. The monoisotopic (exact) mass is 414 g/mol. The van der Waals surface area contributed by atoms with Gasteiger partial charge in [-0.2, -0.15) is 0 Å². The normalized spacial score (nSPS) is 22.4. The van der Waals surface area contributed by atoms with Gasteiger partial charge < -0.3 is 14.7 Å². The first-order chi connectivity index (χ1) is 14.6. The van der Waals surface area contributed by atoms with Crippen molar-refractivity contribution in [2.75, 3.05) is 57.3 Å². The molecule has 0 radical (unpaired) electrons. The van der Waals surface area contributed by atoms with Crippen molar-refractivity contribution in [2.24, 2.45) is 5.92 Å². The molecule has 4 heterocycles. The number of hydrogen-bond acceptors (Lipinski definition) is 6. The number of aromatic nitrogens is 2. The van der Waals surface area contributed by atoms with Crippen molar-refractivity contribution < 1.29 is 9.59 Å². The highest BCUT2D eigenvalue weighted by Gasteiger charge is 2.32. The van der Waals surface area contributed by atoms with Gasteiger partial charge in [0.2, 0.25) is 17.8 Å². The van der Waals surface area contributed by atoms with Crippen LogP contribution in [-0.4, -0.2) is 94.9 Å². The van der Waals surface area contributed by atoms with Crippen molar-refractivity contribution in [1.82, 2.24) is 24.7 Å². The van der Waals surface area contributed by atoms with Gasteiger partial charge in [0.05, 0.1) is 6.04 Å². The molecule has 0 aromatic carbocycles. The fraction of sp³-hybridized carbons (Fsp3) is 0.727. The lowest BCUT2D eigenvalue weighted by molar-refractivity contribution is -0.138. The highest BCUT2D eigenvalue weighted by molar-refractivity contribution is 5.81. The molecular weight excluding hydrogens is 380 g/mol. The zero-order valence-electron chi connectivity index (χ0n) is 18.1. The largest absolute Gasteiger partial charge is 0.343 e. The minimum absolute atomic E-state index is 0.0974. The van der Waals surface area contributed by atoms with E-state index in [0.717, 1.165) is 70.9 Å². The van der Waals surface area contributed by atoms with Crippen LogP contribution in [0.25, 0.3) is 0 Å². The summed E-state index contributed by atoms with van der Waals surface area (Å²) in [5, 5.41) is 0. The van der Waals surface area contributed by atoms with E-state index in [2.05, 4.69) is 19.8 Å². The number of anilines is 1. The van der Waals surface area contributed by atoms with E-state index in [9.17, 15) is 9.59 Å². The lowest BCUT2D eigenvalue weighted by atomic mass is 9.92. The van der Waals surface area contributed by atoms with Crippen LogP contribution in [0.1, 0.15) is 39.0 Å². The van der Waals surface area contributed by atoms with Gasteiger partial charge in [-0.25, -0.2) is 9.97 Å². The van der Waals surface area contributed by atoms with Gasteiger partial charge in [0.25, 0.3) is 0 Å². The van der Waals surface area contributed by atoms with E-state index in [0.29, 0.717) is 31.3 Å². The molecule has 3 aliphatic heterocycles. The molecule has 1 unspecified atom stereocenters. The Morgan fingerprint density at radius 2 is 1.57 bits per heavy atom. The maximum Gasteiger partial charge on any atom is 0.239 e. The molecule has 3 aliphatic rings. The van der Waals surface area contributed by atoms with Crippen LogP contribution in [0.2, 0.25) is 0 Å². The summed E-state index contributed by atoms with van der Waals surface area (Å²) in [6.45, 7) is 8.67. The smallest absolute Gasteiger partial charge is 0.239 e. The zero-order valence-corrected chi connectivity index (χ0v) is 18.1. The number of rotatable bonds is 5. The lowest BCUT2D eigenvalue weighted by Crippen LogP contribution is -2.55. The van der Waals surface area contributed by atoms with Gasteiger partial charge in [-0.15, -0.1) is 0 Å². The maximum atomic E-state index is 13.0. The number of hydrogen-bond donors (Lipinski definition) is 0. The molecule has 0 spiro atoms. The third kappa shape index (κ3) is 4.91. The Morgan fingerprint density at radius 3 is 2.20 bits per heavy atom. The first kappa shape index (κ1) is 21.0. The molecule has 8 nitrogen and oxygen atoms in total. The second kappa shape index (κ2) is 9.73. The van der Waals surface area contributed by atoms with E-state index in [1.165, 1.54) is 0 Å². The molecule has 1 aromatic heterocycles. The van der Waals surface area contributed by atoms with E-state index in [4.69, 9.17) is 0 Å².